The van der Waals surface area contributed by atoms with Crippen LogP contribution in [0.3, 0.4) is 0 Å². The summed E-state index contributed by atoms with van der Waals surface area (Å²) >= 11 is 0. The van der Waals surface area contributed by atoms with Crippen LogP contribution in [0.25, 0.3) is 5.65 Å². The van der Waals surface area contributed by atoms with Gasteiger partial charge in [0, 0.05) is 23.9 Å². The monoisotopic (exact) mass is 434 g/mol. The van der Waals surface area contributed by atoms with Crippen molar-refractivity contribution in [3.05, 3.63) is 69.1 Å². The third-order valence-corrected chi connectivity index (χ3v) is 5.33. The van der Waals surface area contributed by atoms with Crippen LogP contribution in [0.4, 0.5) is 5.69 Å². The van der Waals surface area contributed by atoms with Gasteiger partial charge >= 0.3 is 5.97 Å². The van der Waals surface area contributed by atoms with Gasteiger partial charge in [0.05, 0.1) is 24.8 Å². The molecule has 1 aliphatic heterocycles. The largest absolute Gasteiger partial charge is 0.478 e. The molecule has 0 spiro atoms. The van der Waals surface area contributed by atoms with Gasteiger partial charge in [0.1, 0.15) is 17.8 Å². The maximum atomic E-state index is 13.1. The number of hydrogen-bond donors (Lipinski definition) is 2. The minimum absolute atomic E-state index is 0.0174. The number of fused-ring (bicyclic) bond motifs is 1. The number of nitrogens with one attached hydrogen (secondary N) is 1. The second-order valence-corrected chi connectivity index (χ2v) is 7.70. The van der Waals surface area contributed by atoms with E-state index in [2.05, 4.69) is 10.3 Å². The summed E-state index contributed by atoms with van der Waals surface area (Å²) in [5.74, 6) is -1.06. The van der Waals surface area contributed by atoms with Gasteiger partial charge in [-0.3, -0.25) is 9.20 Å². The fraction of sp³-hybridized carbons (Fsp3) is 0.304. The van der Waals surface area contributed by atoms with E-state index in [-0.39, 0.29) is 23.1 Å². The van der Waals surface area contributed by atoms with E-state index in [4.69, 9.17) is 9.47 Å². The van der Waals surface area contributed by atoms with Gasteiger partial charge in [-0.2, -0.15) is 10.2 Å². The molecule has 0 saturated carbocycles. The number of nitrogens with zero attached hydrogens (tertiary/aromatic N) is 3. The number of aryl methyl sites for hydroxylation is 1. The van der Waals surface area contributed by atoms with E-state index >= 15 is 0 Å². The molecule has 0 radical (unpaired) electrons. The first-order valence-electron chi connectivity index (χ1n) is 10.2. The summed E-state index contributed by atoms with van der Waals surface area (Å²) in [6.45, 7) is 4.60. The van der Waals surface area contributed by atoms with Gasteiger partial charge in [-0.1, -0.05) is 12.1 Å². The molecule has 1 aromatic carbocycles. The molecule has 1 fully saturated rings. The van der Waals surface area contributed by atoms with Crippen LogP contribution in [-0.4, -0.2) is 39.8 Å². The molecule has 3 aromatic rings. The van der Waals surface area contributed by atoms with Crippen molar-refractivity contribution < 1.29 is 19.4 Å². The van der Waals surface area contributed by atoms with E-state index in [1.54, 1.807) is 24.4 Å². The number of ether oxygens (including phenoxy) is 2. The number of anilines is 1. The molecule has 0 unspecified atom stereocenters. The Morgan fingerprint density at radius 1 is 1.44 bits per heavy atom. The Balaban J connectivity index is 1.82. The van der Waals surface area contributed by atoms with Crippen LogP contribution in [0.15, 0.2) is 41.3 Å². The van der Waals surface area contributed by atoms with E-state index in [1.807, 2.05) is 26.0 Å². The molecule has 2 N–H and O–H groups in total. The molecule has 0 amide bonds. The number of carboxylic acids is 1. The molecule has 9 heteroatoms. The fourth-order valence-electron chi connectivity index (χ4n) is 3.76. The summed E-state index contributed by atoms with van der Waals surface area (Å²) < 4.78 is 12.5. The lowest BCUT2D eigenvalue weighted by molar-refractivity contribution is 0.0698. The standard InChI is InChI=1S/C23H22N4O5/c1-13-9-17(14(2)25-19-6-4-3-5-16(19)23(29)30)20-26-21(32-15-7-8-31-12-15)18(10-24)22(28)27(20)11-13/h3-6,9,11,14-15,25H,7-8,12H2,1-2H3,(H,29,30)/t14-,15+/m1/s1. The molecule has 0 aliphatic carbocycles. The number of nitriles is 1. The van der Waals surface area contributed by atoms with Crippen molar-refractivity contribution in [2.45, 2.75) is 32.4 Å². The van der Waals surface area contributed by atoms with Crippen molar-refractivity contribution in [2.75, 3.05) is 18.5 Å². The van der Waals surface area contributed by atoms with E-state index in [9.17, 15) is 20.0 Å². The average molecular weight is 434 g/mol. The molecule has 1 saturated heterocycles. The number of carbonyl (C=O) groups is 1. The smallest absolute Gasteiger partial charge is 0.337 e. The molecule has 32 heavy (non-hydrogen) atoms. The molecule has 2 aromatic heterocycles. The predicted octanol–water partition coefficient (Wildman–Crippen LogP) is 2.91. The van der Waals surface area contributed by atoms with Crippen LogP contribution in [0.2, 0.25) is 0 Å². The molecular formula is C23H22N4O5. The van der Waals surface area contributed by atoms with Gasteiger partial charge in [0.2, 0.25) is 5.88 Å². The second kappa shape index (κ2) is 8.69. The number of hydrogen-bond acceptors (Lipinski definition) is 7. The molecule has 9 nitrogen and oxygen atoms in total. The minimum atomic E-state index is -1.04. The average Bonchev–Trinajstić information content (AvgIpc) is 3.27. The summed E-state index contributed by atoms with van der Waals surface area (Å²) in [5.41, 5.74) is 1.69. The Morgan fingerprint density at radius 2 is 2.22 bits per heavy atom. The van der Waals surface area contributed by atoms with E-state index in [0.29, 0.717) is 36.5 Å². The number of rotatable bonds is 6. The van der Waals surface area contributed by atoms with Gasteiger partial charge in [-0.05, 0) is 37.6 Å². The Bertz CT molecular complexity index is 1290. The third kappa shape index (κ3) is 4.00. The number of benzene rings is 1. The van der Waals surface area contributed by atoms with Crippen LogP contribution >= 0.6 is 0 Å². The van der Waals surface area contributed by atoms with Gasteiger partial charge < -0.3 is 19.9 Å². The number of aromatic carboxylic acids is 1. The van der Waals surface area contributed by atoms with Crippen LogP contribution in [0, 0.1) is 18.3 Å². The van der Waals surface area contributed by atoms with Crippen LogP contribution in [0.5, 0.6) is 5.88 Å². The first-order valence-corrected chi connectivity index (χ1v) is 10.2. The summed E-state index contributed by atoms with van der Waals surface area (Å²) in [7, 11) is 0. The maximum absolute atomic E-state index is 13.1. The molecule has 3 heterocycles. The van der Waals surface area contributed by atoms with E-state index in [1.165, 1.54) is 10.5 Å². The predicted molar refractivity (Wildman–Crippen MR) is 116 cm³/mol. The number of para-hydroxylation sites is 1. The normalized spacial score (nSPS) is 16.5. The Kier molecular flexibility index (Phi) is 5.79. The highest BCUT2D eigenvalue weighted by atomic mass is 16.5. The van der Waals surface area contributed by atoms with Crippen LogP contribution in [0.1, 0.15) is 46.4 Å². The van der Waals surface area contributed by atoms with E-state index < -0.39 is 17.6 Å². The highest BCUT2D eigenvalue weighted by Gasteiger charge is 2.24. The highest BCUT2D eigenvalue weighted by molar-refractivity contribution is 5.94. The Labute approximate surface area is 183 Å². The summed E-state index contributed by atoms with van der Waals surface area (Å²) in [5, 5.41) is 22.3. The van der Waals surface area contributed by atoms with Gasteiger partial charge in [-0.25, -0.2) is 4.79 Å². The van der Waals surface area contributed by atoms with Crippen molar-refractivity contribution in [3.63, 3.8) is 0 Å². The molecule has 164 valence electrons. The van der Waals surface area contributed by atoms with Crippen molar-refractivity contribution in [2.24, 2.45) is 0 Å². The number of pyridine rings is 1. The molecule has 1 aliphatic rings. The summed E-state index contributed by atoms with van der Waals surface area (Å²) in [4.78, 5) is 29.2. The lowest BCUT2D eigenvalue weighted by Crippen LogP contribution is -2.25. The molecule has 2 atom stereocenters. The Hall–Kier alpha value is -3.90. The van der Waals surface area contributed by atoms with Crippen molar-refractivity contribution >= 4 is 17.3 Å². The summed E-state index contributed by atoms with van der Waals surface area (Å²) in [6.07, 6.45) is 2.00. The fourth-order valence-corrected chi connectivity index (χ4v) is 3.76. The van der Waals surface area contributed by atoms with Crippen LogP contribution < -0.4 is 15.6 Å². The first-order chi connectivity index (χ1) is 15.4. The zero-order valence-electron chi connectivity index (χ0n) is 17.7. The molecular weight excluding hydrogens is 412 g/mol. The number of carboxylic acid groups (broad SMARTS) is 1. The maximum Gasteiger partial charge on any atom is 0.337 e. The second-order valence-electron chi connectivity index (χ2n) is 7.70. The topological polar surface area (TPSA) is 126 Å². The summed E-state index contributed by atoms with van der Waals surface area (Å²) in [6, 6.07) is 9.99. The number of aromatic nitrogens is 2. The first kappa shape index (κ1) is 21.3. The third-order valence-electron chi connectivity index (χ3n) is 5.33. The van der Waals surface area contributed by atoms with Crippen molar-refractivity contribution in [3.8, 4) is 11.9 Å². The SMILES string of the molecule is Cc1cc([C@@H](C)Nc2ccccc2C(=O)O)c2nc(O[C@H]3CCOC3)c(C#N)c(=O)n2c1. The van der Waals surface area contributed by atoms with Gasteiger partial charge in [0.15, 0.2) is 5.56 Å². The zero-order chi connectivity index (χ0) is 22.8. The molecule has 4 rings (SSSR count). The van der Waals surface area contributed by atoms with Crippen molar-refractivity contribution in [1.82, 2.24) is 9.38 Å². The Morgan fingerprint density at radius 3 is 2.91 bits per heavy atom. The molecule has 0 bridgehead atoms. The zero-order valence-corrected chi connectivity index (χ0v) is 17.7. The quantitative estimate of drug-likeness (QED) is 0.606. The lowest BCUT2D eigenvalue weighted by Gasteiger charge is -2.20. The van der Waals surface area contributed by atoms with Gasteiger partial charge in [-0.15, -0.1) is 0 Å². The van der Waals surface area contributed by atoms with Gasteiger partial charge in [0.25, 0.3) is 5.56 Å². The highest BCUT2D eigenvalue weighted by Crippen LogP contribution is 2.27. The minimum Gasteiger partial charge on any atom is -0.478 e. The van der Waals surface area contributed by atoms with Crippen molar-refractivity contribution in [1.29, 1.82) is 5.26 Å². The lowest BCUT2D eigenvalue weighted by atomic mass is 10.1. The van der Waals surface area contributed by atoms with Crippen LogP contribution in [-0.2, 0) is 4.74 Å². The van der Waals surface area contributed by atoms with E-state index in [0.717, 1.165) is 5.56 Å².